The minimum absolute atomic E-state index is 0.131. The molecule has 1 aromatic carbocycles. The van der Waals surface area contributed by atoms with E-state index in [0.717, 1.165) is 23.6 Å². The summed E-state index contributed by atoms with van der Waals surface area (Å²) in [6.45, 7) is 3.94. The molecule has 0 atom stereocenters. The molecule has 0 aliphatic carbocycles. The molecule has 0 saturated carbocycles. The number of aromatic carboxylic acids is 1. The molecule has 8 nitrogen and oxygen atoms in total. The summed E-state index contributed by atoms with van der Waals surface area (Å²) < 4.78 is 25.4. The van der Waals surface area contributed by atoms with E-state index in [-0.39, 0.29) is 10.7 Å². The van der Waals surface area contributed by atoms with Gasteiger partial charge in [-0.15, -0.1) is 11.3 Å². The summed E-state index contributed by atoms with van der Waals surface area (Å²) in [6.07, 6.45) is 1.87. The van der Waals surface area contributed by atoms with Crippen molar-refractivity contribution in [3.8, 4) is 22.1 Å². The van der Waals surface area contributed by atoms with E-state index < -0.39 is 5.97 Å². The molecule has 1 aliphatic heterocycles. The number of hydrogen-bond donors (Lipinski definition) is 2. The van der Waals surface area contributed by atoms with E-state index in [1.165, 1.54) is 12.4 Å². The van der Waals surface area contributed by atoms with Crippen LogP contribution in [0.2, 0.25) is 0 Å². The first-order valence-electron chi connectivity index (χ1n) is 10.2. The average Bonchev–Trinajstić information content (AvgIpc) is 3.20. The van der Waals surface area contributed by atoms with E-state index >= 15 is 0 Å². The Kier molecular flexibility index (Phi) is 6.40. The Hall–Kier alpha value is -3.40. The maximum Gasteiger partial charge on any atom is 0.349 e. The summed E-state index contributed by atoms with van der Waals surface area (Å²) in [5.41, 5.74) is 2.06. The number of halogens is 1. The molecule has 0 amide bonds. The van der Waals surface area contributed by atoms with Crippen LogP contribution in [0.25, 0.3) is 10.6 Å². The van der Waals surface area contributed by atoms with Crippen LogP contribution >= 0.6 is 11.3 Å². The zero-order valence-corrected chi connectivity index (χ0v) is 18.5. The summed E-state index contributed by atoms with van der Waals surface area (Å²) in [6, 6.07) is 6.67. The lowest BCUT2D eigenvalue weighted by Gasteiger charge is -2.28. The SMILES string of the molecule is CCOc1cc(-c2cc(NCCc3cc4c(cc3F)OCCN4C)ncn2)sc1C(=O)O. The molecule has 168 valence electrons. The lowest BCUT2D eigenvalue weighted by Crippen LogP contribution is -2.29. The highest BCUT2D eigenvalue weighted by Crippen LogP contribution is 2.36. The fourth-order valence-corrected chi connectivity index (χ4v) is 4.34. The average molecular weight is 459 g/mol. The van der Waals surface area contributed by atoms with Crippen molar-refractivity contribution in [2.24, 2.45) is 0 Å². The third-order valence-corrected chi connectivity index (χ3v) is 6.16. The number of carboxylic acid groups (broad SMARTS) is 1. The van der Waals surface area contributed by atoms with Crippen molar-refractivity contribution in [1.29, 1.82) is 0 Å². The van der Waals surface area contributed by atoms with Gasteiger partial charge in [0.1, 0.15) is 36.1 Å². The molecule has 0 radical (unpaired) electrons. The second-order valence-electron chi connectivity index (χ2n) is 7.19. The maximum absolute atomic E-state index is 14.5. The second-order valence-corrected chi connectivity index (χ2v) is 8.24. The quantitative estimate of drug-likeness (QED) is 0.524. The third kappa shape index (κ3) is 4.59. The van der Waals surface area contributed by atoms with E-state index in [9.17, 15) is 14.3 Å². The van der Waals surface area contributed by atoms with Gasteiger partial charge in [0.05, 0.1) is 29.4 Å². The van der Waals surface area contributed by atoms with Crippen LogP contribution in [0.3, 0.4) is 0 Å². The number of benzene rings is 1. The smallest absolute Gasteiger partial charge is 0.349 e. The second kappa shape index (κ2) is 9.39. The van der Waals surface area contributed by atoms with Crippen LogP contribution in [0.4, 0.5) is 15.9 Å². The number of hydrogen-bond acceptors (Lipinski definition) is 8. The highest BCUT2D eigenvalue weighted by molar-refractivity contribution is 7.17. The normalized spacial score (nSPS) is 12.8. The van der Waals surface area contributed by atoms with Crippen molar-refractivity contribution >= 4 is 28.8 Å². The molecule has 0 bridgehead atoms. The number of anilines is 2. The number of carboxylic acids is 1. The lowest BCUT2D eigenvalue weighted by molar-refractivity contribution is 0.0698. The van der Waals surface area contributed by atoms with Gasteiger partial charge in [0.15, 0.2) is 4.88 Å². The Balaban J connectivity index is 1.46. The van der Waals surface area contributed by atoms with Gasteiger partial charge < -0.3 is 24.8 Å². The monoisotopic (exact) mass is 458 g/mol. The Morgan fingerprint density at radius 1 is 1.34 bits per heavy atom. The van der Waals surface area contributed by atoms with Gasteiger partial charge in [-0.05, 0) is 25.0 Å². The van der Waals surface area contributed by atoms with Crippen molar-refractivity contribution in [2.45, 2.75) is 13.3 Å². The molecule has 0 unspecified atom stereocenters. The number of likely N-dealkylation sites (N-methyl/N-ethyl adjacent to an activating group) is 1. The summed E-state index contributed by atoms with van der Waals surface area (Å²) in [5.74, 6) is 0.117. The predicted octanol–water partition coefficient (Wildman–Crippen LogP) is 3.92. The lowest BCUT2D eigenvalue weighted by atomic mass is 10.1. The van der Waals surface area contributed by atoms with Gasteiger partial charge in [0.25, 0.3) is 0 Å². The maximum atomic E-state index is 14.5. The standard InChI is InChI=1S/C22H23FN4O4S/c1-3-30-18-11-19(32-21(18)22(28)29)15-10-20(26-12-25-15)24-5-4-13-8-16-17(9-14(13)23)31-7-6-27(16)2/h8-12H,3-7H2,1-2H3,(H,28,29)(H,24,25,26). The number of carbonyl (C=O) groups is 1. The zero-order chi connectivity index (χ0) is 22.7. The van der Waals surface area contributed by atoms with Crippen LogP contribution in [0.15, 0.2) is 30.6 Å². The van der Waals surface area contributed by atoms with Gasteiger partial charge in [-0.25, -0.2) is 19.2 Å². The number of rotatable bonds is 8. The van der Waals surface area contributed by atoms with Gasteiger partial charge in [0, 0.05) is 31.8 Å². The van der Waals surface area contributed by atoms with Gasteiger partial charge in [-0.2, -0.15) is 0 Å². The highest BCUT2D eigenvalue weighted by Gasteiger charge is 2.19. The van der Waals surface area contributed by atoms with E-state index in [1.807, 2.05) is 13.1 Å². The van der Waals surface area contributed by atoms with E-state index in [0.29, 0.717) is 59.6 Å². The molecular formula is C22H23FN4O4S. The molecule has 4 rings (SSSR count). The van der Waals surface area contributed by atoms with E-state index in [1.54, 1.807) is 19.1 Å². The molecule has 3 aromatic rings. The number of fused-ring (bicyclic) bond motifs is 1. The fourth-order valence-electron chi connectivity index (χ4n) is 3.43. The van der Waals surface area contributed by atoms with Gasteiger partial charge >= 0.3 is 5.97 Å². The van der Waals surface area contributed by atoms with Gasteiger partial charge in [0.2, 0.25) is 0 Å². The molecule has 10 heteroatoms. The van der Waals surface area contributed by atoms with E-state index in [4.69, 9.17) is 9.47 Å². The van der Waals surface area contributed by atoms with E-state index in [2.05, 4.69) is 20.2 Å². The Labute approximate surface area is 188 Å². The van der Waals surface area contributed by atoms with Gasteiger partial charge in [-0.3, -0.25) is 0 Å². The first-order chi connectivity index (χ1) is 15.5. The molecule has 0 spiro atoms. The van der Waals surface area contributed by atoms with Crippen LogP contribution in [0.1, 0.15) is 22.2 Å². The minimum Gasteiger partial charge on any atom is -0.492 e. The summed E-state index contributed by atoms with van der Waals surface area (Å²) >= 11 is 1.10. The van der Waals surface area contributed by atoms with Crippen molar-refractivity contribution in [1.82, 2.24) is 9.97 Å². The molecule has 2 aromatic heterocycles. The summed E-state index contributed by atoms with van der Waals surface area (Å²) in [4.78, 5) is 22.8. The Morgan fingerprint density at radius 2 is 2.19 bits per heavy atom. The third-order valence-electron chi connectivity index (χ3n) is 5.04. The minimum atomic E-state index is -1.04. The number of thiophene rings is 1. The van der Waals surface area contributed by atoms with Crippen molar-refractivity contribution in [3.63, 3.8) is 0 Å². The van der Waals surface area contributed by atoms with Crippen LogP contribution in [0, 0.1) is 5.82 Å². The molecule has 1 aliphatic rings. The molecule has 2 N–H and O–H groups in total. The first-order valence-corrected chi connectivity index (χ1v) is 11.0. The molecule has 32 heavy (non-hydrogen) atoms. The van der Waals surface area contributed by atoms with Crippen molar-refractivity contribution in [3.05, 3.63) is 46.9 Å². The zero-order valence-electron chi connectivity index (χ0n) is 17.7. The van der Waals surface area contributed by atoms with Crippen LogP contribution in [-0.4, -0.2) is 54.4 Å². The number of ether oxygens (including phenoxy) is 2. The molecular weight excluding hydrogens is 435 g/mol. The predicted molar refractivity (Wildman–Crippen MR) is 121 cm³/mol. The largest absolute Gasteiger partial charge is 0.492 e. The topological polar surface area (TPSA) is 96.8 Å². The van der Waals surface area contributed by atoms with Crippen LogP contribution < -0.4 is 19.7 Å². The highest BCUT2D eigenvalue weighted by atomic mass is 32.1. The van der Waals surface area contributed by atoms with Gasteiger partial charge in [-0.1, -0.05) is 0 Å². The summed E-state index contributed by atoms with van der Waals surface area (Å²) in [5, 5.41) is 12.6. The molecule has 0 fully saturated rings. The number of aromatic nitrogens is 2. The first kappa shape index (κ1) is 21.8. The number of nitrogens with one attached hydrogen (secondary N) is 1. The van der Waals surface area contributed by atoms with Crippen molar-refractivity contribution < 1.29 is 23.8 Å². The summed E-state index contributed by atoms with van der Waals surface area (Å²) in [7, 11) is 1.96. The van der Waals surface area contributed by atoms with Crippen molar-refractivity contribution in [2.75, 3.05) is 43.6 Å². The number of nitrogens with zero attached hydrogens (tertiary/aromatic N) is 3. The fraction of sp³-hybridized carbons (Fsp3) is 0.318. The van der Waals surface area contributed by atoms with Crippen LogP contribution in [-0.2, 0) is 6.42 Å². The molecule has 3 heterocycles. The Morgan fingerprint density at radius 3 is 2.97 bits per heavy atom. The van der Waals surface area contributed by atoms with Crippen LogP contribution in [0.5, 0.6) is 11.5 Å². The Bertz CT molecular complexity index is 1140. The molecule has 0 saturated heterocycles.